The van der Waals surface area contributed by atoms with Gasteiger partial charge in [0, 0.05) is 37.6 Å². The Kier molecular flexibility index (Phi) is 7.68. The molecule has 3 heterocycles. The van der Waals surface area contributed by atoms with E-state index in [1.54, 1.807) is 11.3 Å². The molecule has 0 atom stereocenters. The molecule has 0 saturated carbocycles. The average molecular weight is 404 g/mol. The van der Waals surface area contributed by atoms with Gasteiger partial charge in [-0.25, -0.2) is 0 Å². The number of carbonyl (C=O) groups excluding carboxylic acids is 2. The monoisotopic (exact) mass is 403 g/mol. The lowest BCUT2D eigenvalue weighted by Crippen LogP contribution is -2.47. The van der Waals surface area contributed by atoms with Crippen LogP contribution in [-0.4, -0.2) is 65.8 Å². The Morgan fingerprint density at radius 2 is 1.64 bits per heavy atom. The van der Waals surface area contributed by atoms with E-state index in [1.807, 2.05) is 17.5 Å². The number of rotatable bonds is 10. The van der Waals surface area contributed by atoms with Crippen molar-refractivity contribution in [1.82, 2.24) is 14.7 Å². The van der Waals surface area contributed by atoms with Crippen LogP contribution in [0.15, 0.2) is 23.2 Å². The summed E-state index contributed by atoms with van der Waals surface area (Å²) in [5.74, 6) is -0.194. The molecular formula is C22H33N3O2S. The summed E-state index contributed by atoms with van der Waals surface area (Å²) in [5, 5.41) is 1.98. The van der Waals surface area contributed by atoms with E-state index in [2.05, 4.69) is 23.6 Å². The number of amides is 2. The first-order valence-corrected chi connectivity index (χ1v) is 11.7. The number of carbonyl (C=O) groups is 2. The predicted molar refractivity (Wildman–Crippen MR) is 115 cm³/mol. The Labute approximate surface area is 173 Å². The maximum atomic E-state index is 13.2. The van der Waals surface area contributed by atoms with Crippen LogP contribution in [0.4, 0.5) is 0 Å². The molecule has 0 N–H and O–H groups in total. The highest BCUT2D eigenvalue weighted by Crippen LogP contribution is 2.34. The smallest absolute Gasteiger partial charge is 0.277 e. The van der Waals surface area contributed by atoms with E-state index in [9.17, 15) is 9.59 Å². The van der Waals surface area contributed by atoms with Crippen LogP contribution in [0.2, 0.25) is 0 Å². The van der Waals surface area contributed by atoms with Gasteiger partial charge in [-0.2, -0.15) is 0 Å². The van der Waals surface area contributed by atoms with Crippen LogP contribution in [-0.2, 0) is 9.59 Å². The van der Waals surface area contributed by atoms with Crippen molar-refractivity contribution in [3.63, 3.8) is 0 Å². The summed E-state index contributed by atoms with van der Waals surface area (Å²) in [4.78, 5) is 33.3. The predicted octanol–water partition coefficient (Wildman–Crippen LogP) is 3.83. The summed E-state index contributed by atoms with van der Waals surface area (Å²) in [7, 11) is 0. The Morgan fingerprint density at radius 1 is 0.929 bits per heavy atom. The highest BCUT2D eigenvalue weighted by molar-refractivity contribution is 7.11. The highest BCUT2D eigenvalue weighted by atomic mass is 32.1. The second-order valence-electron chi connectivity index (χ2n) is 7.65. The molecule has 1 saturated heterocycles. The summed E-state index contributed by atoms with van der Waals surface area (Å²) in [6, 6.07) is 3.91. The fourth-order valence-corrected chi connectivity index (χ4v) is 4.80. The van der Waals surface area contributed by atoms with E-state index in [0.29, 0.717) is 17.8 Å². The van der Waals surface area contributed by atoms with Gasteiger partial charge in [0.25, 0.3) is 11.8 Å². The molecule has 28 heavy (non-hydrogen) atoms. The fraction of sp³-hybridized carbons (Fsp3) is 0.636. The van der Waals surface area contributed by atoms with Gasteiger partial charge in [0.15, 0.2) is 0 Å². The van der Waals surface area contributed by atoms with Crippen molar-refractivity contribution in [2.45, 2.75) is 52.4 Å². The number of hydrogen-bond donors (Lipinski definition) is 0. The first kappa shape index (κ1) is 21.1. The van der Waals surface area contributed by atoms with Crippen LogP contribution in [0, 0.1) is 0 Å². The Morgan fingerprint density at radius 3 is 2.29 bits per heavy atom. The second-order valence-corrected chi connectivity index (χ2v) is 8.60. The van der Waals surface area contributed by atoms with E-state index >= 15 is 0 Å². The van der Waals surface area contributed by atoms with Crippen molar-refractivity contribution >= 4 is 28.7 Å². The zero-order valence-corrected chi connectivity index (χ0v) is 18.1. The van der Waals surface area contributed by atoms with Crippen LogP contribution < -0.4 is 0 Å². The molecular weight excluding hydrogens is 370 g/mol. The largest absolute Gasteiger partial charge is 0.364 e. The normalized spacial score (nSPS) is 18.6. The van der Waals surface area contributed by atoms with E-state index in [0.717, 1.165) is 50.4 Å². The average Bonchev–Trinajstić information content (AvgIpc) is 3.32. The molecule has 2 aliphatic heterocycles. The molecule has 1 aromatic rings. The van der Waals surface area contributed by atoms with Crippen molar-refractivity contribution in [2.75, 3.05) is 39.3 Å². The molecule has 0 spiro atoms. The topological polar surface area (TPSA) is 43.9 Å². The Balaban J connectivity index is 1.71. The quantitative estimate of drug-likeness (QED) is 0.440. The molecule has 1 fully saturated rings. The number of hydrogen-bond acceptors (Lipinski definition) is 5. The molecule has 154 valence electrons. The zero-order valence-electron chi connectivity index (χ0n) is 17.3. The summed E-state index contributed by atoms with van der Waals surface area (Å²) in [5.41, 5.74) is 1.25. The van der Waals surface area contributed by atoms with Gasteiger partial charge in [-0.3, -0.25) is 14.5 Å². The molecule has 1 aromatic heterocycles. The summed E-state index contributed by atoms with van der Waals surface area (Å²) in [6.45, 7) is 9.44. The van der Waals surface area contributed by atoms with Gasteiger partial charge < -0.3 is 9.80 Å². The number of thiophene rings is 1. The molecule has 0 bridgehead atoms. The van der Waals surface area contributed by atoms with Crippen LogP contribution in [0.3, 0.4) is 0 Å². The molecule has 0 aliphatic carbocycles. The standard InChI is InChI=1S/C22H33N3O2S/c1-3-5-6-7-8-9-12-25-21(26)19(18-11-10-17-28-18)20(22(25)27)24-15-13-23(4-2)14-16-24/h10-11,17H,3-9,12-16H2,1-2H3. The summed E-state index contributed by atoms with van der Waals surface area (Å²) < 4.78 is 0. The maximum absolute atomic E-state index is 13.2. The zero-order chi connectivity index (χ0) is 19.9. The molecule has 0 radical (unpaired) electrons. The van der Waals surface area contributed by atoms with Gasteiger partial charge >= 0.3 is 0 Å². The molecule has 3 rings (SSSR count). The van der Waals surface area contributed by atoms with Gasteiger partial charge in [0.2, 0.25) is 0 Å². The number of unbranched alkanes of at least 4 members (excludes halogenated alkanes) is 5. The first-order valence-electron chi connectivity index (χ1n) is 10.8. The summed E-state index contributed by atoms with van der Waals surface area (Å²) >= 11 is 1.54. The van der Waals surface area contributed by atoms with Gasteiger partial charge in [-0.05, 0) is 24.4 Å². The molecule has 0 aromatic carbocycles. The number of imide groups is 1. The molecule has 6 heteroatoms. The lowest BCUT2D eigenvalue weighted by Gasteiger charge is -2.35. The van der Waals surface area contributed by atoms with Gasteiger partial charge in [0.05, 0.1) is 5.57 Å². The number of piperazine rings is 1. The molecule has 2 aliphatic rings. The van der Waals surface area contributed by atoms with Crippen molar-refractivity contribution in [2.24, 2.45) is 0 Å². The van der Waals surface area contributed by atoms with E-state index < -0.39 is 0 Å². The lowest BCUT2D eigenvalue weighted by molar-refractivity contribution is -0.137. The SMILES string of the molecule is CCCCCCCCN1C(=O)C(c2cccs2)=C(N2CCN(CC)CC2)C1=O. The minimum Gasteiger partial charge on any atom is -0.364 e. The van der Waals surface area contributed by atoms with Crippen molar-refractivity contribution in [1.29, 1.82) is 0 Å². The van der Waals surface area contributed by atoms with Crippen LogP contribution in [0.1, 0.15) is 57.2 Å². The highest BCUT2D eigenvalue weighted by Gasteiger charge is 2.42. The van der Waals surface area contributed by atoms with Crippen molar-refractivity contribution in [3.05, 3.63) is 28.1 Å². The Hall–Kier alpha value is -1.66. The van der Waals surface area contributed by atoms with Crippen LogP contribution >= 0.6 is 11.3 Å². The van der Waals surface area contributed by atoms with Gasteiger partial charge in [-0.1, -0.05) is 52.0 Å². The summed E-state index contributed by atoms with van der Waals surface area (Å²) in [6.07, 6.45) is 6.89. The lowest BCUT2D eigenvalue weighted by atomic mass is 10.1. The minimum atomic E-state index is -0.103. The third-order valence-electron chi connectivity index (χ3n) is 5.78. The van der Waals surface area contributed by atoms with E-state index in [1.165, 1.54) is 30.6 Å². The van der Waals surface area contributed by atoms with Crippen molar-refractivity contribution < 1.29 is 9.59 Å². The fourth-order valence-electron chi connectivity index (χ4n) is 4.04. The van der Waals surface area contributed by atoms with Gasteiger partial charge in [0.1, 0.15) is 5.70 Å². The van der Waals surface area contributed by atoms with Crippen LogP contribution in [0.25, 0.3) is 5.57 Å². The Bertz CT molecular complexity index is 691. The molecule has 5 nitrogen and oxygen atoms in total. The molecule has 2 amide bonds. The minimum absolute atomic E-state index is 0.0908. The van der Waals surface area contributed by atoms with E-state index in [4.69, 9.17) is 0 Å². The number of nitrogens with zero attached hydrogens (tertiary/aromatic N) is 3. The first-order chi connectivity index (χ1) is 13.7. The van der Waals surface area contributed by atoms with Crippen LogP contribution in [0.5, 0.6) is 0 Å². The third kappa shape index (κ3) is 4.66. The maximum Gasteiger partial charge on any atom is 0.277 e. The van der Waals surface area contributed by atoms with Gasteiger partial charge in [-0.15, -0.1) is 11.3 Å². The molecule has 0 unspecified atom stereocenters. The van der Waals surface area contributed by atoms with Crippen molar-refractivity contribution in [3.8, 4) is 0 Å². The number of likely N-dealkylation sites (N-methyl/N-ethyl adjacent to an activating group) is 1. The van der Waals surface area contributed by atoms with E-state index in [-0.39, 0.29) is 11.8 Å². The third-order valence-corrected chi connectivity index (χ3v) is 6.67. The second kappa shape index (κ2) is 10.2.